The van der Waals surface area contributed by atoms with Crippen molar-refractivity contribution >= 4 is 39.8 Å². The zero-order chi connectivity index (χ0) is 16.1. The van der Waals surface area contributed by atoms with Gasteiger partial charge in [0.1, 0.15) is 10.0 Å². The predicted octanol–water partition coefficient (Wildman–Crippen LogP) is 2.90. The predicted molar refractivity (Wildman–Crippen MR) is 94.4 cm³/mol. The van der Waals surface area contributed by atoms with Crippen molar-refractivity contribution in [3.63, 3.8) is 0 Å². The van der Waals surface area contributed by atoms with Gasteiger partial charge in [-0.1, -0.05) is 30.0 Å². The number of aromatic amines is 1. The number of thioether (sulfide) groups is 1. The standard InChI is InChI=1S/C16H15N3O2S2/c20-14-12-5-2-1-4-11(12)10-13(19-14)15(21)17-6-3-8-22-16-18-7-9-23-16/h1-2,4-5,7,9-10H,3,6,8H2,(H,17,21)(H,19,20). The second-order valence-electron chi connectivity index (χ2n) is 4.86. The van der Waals surface area contributed by atoms with Crippen molar-refractivity contribution in [3.8, 4) is 0 Å². The lowest BCUT2D eigenvalue weighted by atomic mass is 10.1. The Morgan fingerprint density at radius 3 is 3.04 bits per heavy atom. The molecule has 0 bridgehead atoms. The van der Waals surface area contributed by atoms with Crippen LogP contribution in [0.5, 0.6) is 0 Å². The van der Waals surface area contributed by atoms with Crippen molar-refractivity contribution in [1.29, 1.82) is 0 Å². The van der Waals surface area contributed by atoms with E-state index in [9.17, 15) is 9.59 Å². The normalized spacial score (nSPS) is 10.8. The van der Waals surface area contributed by atoms with Crippen LogP contribution in [0.15, 0.2) is 51.0 Å². The minimum absolute atomic E-state index is 0.243. The average Bonchev–Trinajstić information content (AvgIpc) is 3.07. The Labute approximate surface area is 141 Å². The number of hydrogen-bond donors (Lipinski definition) is 2. The van der Waals surface area contributed by atoms with Crippen molar-refractivity contribution < 1.29 is 4.79 Å². The highest BCUT2D eigenvalue weighted by Gasteiger charge is 2.08. The summed E-state index contributed by atoms with van der Waals surface area (Å²) in [6.45, 7) is 0.562. The summed E-state index contributed by atoms with van der Waals surface area (Å²) in [4.78, 5) is 30.9. The van der Waals surface area contributed by atoms with Gasteiger partial charge in [-0.05, 0) is 23.9 Å². The Morgan fingerprint density at radius 1 is 1.35 bits per heavy atom. The minimum atomic E-state index is -0.257. The first-order chi connectivity index (χ1) is 11.2. The molecule has 0 saturated heterocycles. The zero-order valence-corrected chi connectivity index (χ0v) is 13.9. The average molecular weight is 345 g/mol. The van der Waals surface area contributed by atoms with Gasteiger partial charge in [0.2, 0.25) is 0 Å². The van der Waals surface area contributed by atoms with Crippen LogP contribution in [0.25, 0.3) is 10.8 Å². The number of nitrogens with one attached hydrogen (secondary N) is 2. The summed E-state index contributed by atoms with van der Waals surface area (Å²) in [5, 5.41) is 6.13. The second kappa shape index (κ2) is 7.43. The van der Waals surface area contributed by atoms with Crippen molar-refractivity contribution in [1.82, 2.24) is 15.3 Å². The van der Waals surface area contributed by atoms with Crippen molar-refractivity contribution in [2.45, 2.75) is 10.8 Å². The first-order valence-electron chi connectivity index (χ1n) is 7.16. The summed E-state index contributed by atoms with van der Waals surface area (Å²) >= 11 is 3.29. The van der Waals surface area contributed by atoms with Crippen LogP contribution in [0.3, 0.4) is 0 Å². The Hall–Kier alpha value is -2.12. The van der Waals surface area contributed by atoms with Gasteiger partial charge in [0, 0.05) is 29.3 Å². The summed E-state index contributed by atoms with van der Waals surface area (Å²) in [7, 11) is 0. The lowest BCUT2D eigenvalue weighted by molar-refractivity contribution is 0.0949. The highest BCUT2D eigenvalue weighted by Crippen LogP contribution is 2.20. The molecular formula is C16H15N3O2S2. The van der Waals surface area contributed by atoms with Crippen LogP contribution < -0.4 is 10.9 Å². The molecule has 2 N–H and O–H groups in total. The molecule has 0 saturated carbocycles. The van der Waals surface area contributed by atoms with E-state index in [1.807, 2.05) is 17.5 Å². The topological polar surface area (TPSA) is 74.8 Å². The van der Waals surface area contributed by atoms with E-state index in [0.717, 1.165) is 21.9 Å². The summed E-state index contributed by atoms with van der Waals surface area (Å²) in [6.07, 6.45) is 2.62. The highest BCUT2D eigenvalue weighted by molar-refractivity contribution is 8.00. The lowest BCUT2D eigenvalue weighted by Gasteiger charge is -2.06. The first-order valence-corrected chi connectivity index (χ1v) is 9.03. The molecule has 0 unspecified atom stereocenters. The van der Waals surface area contributed by atoms with E-state index < -0.39 is 0 Å². The molecule has 2 aromatic heterocycles. The van der Waals surface area contributed by atoms with Crippen molar-refractivity contribution in [2.24, 2.45) is 0 Å². The van der Waals surface area contributed by atoms with Gasteiger partial charge < -0.3 is 10.3 Å². The molecule has 0 fully saturated rings. The zero-order valence-electron chi connectivity index (χ0n) is 12.2. The van der Waals surface area contributed by atoms with E-state index >= 15 is 0 Å². The number of fused-ring (bicyclic) bond motifs is 1. The monoisotopic (exact) mass is 345 g/mol. The maximum Gasteiger partial charge on any atom is 0.267 e. The molecule has 3 aromatic rings. The summed E-state index contributed by atoms with van der Waals surface area (Å²) in [5.74, 6) is 0.634. The molecule has 1 aromatic carbocycles. The third-order valence-electron chi connectivity index (χ3n) is 3.24. The Morgan fingerprint density at radius 2 is 2.22 bits per heavy atom. The number of amides is 1. The second-order valence-corrected chi connectivity index (χ2v) is 7.09. The number of aromatic nitrogens is 2. The molecule has 3 rings (SSSR count). The Balaban J connectivity index is 1.55. The largest absolute Gasteiger partial charge is 0.351 e. The van der Waals surface area contributed by atoms with E-state index in [1.165, 1.54) is 0 Å². The SMILES string of the molecule is O=C(NCCCSc1nccs1)c1cc2ccccc2c(=O)[nH]1. The summed E-state index contributed by atoms with van der Waals surface area (Å²) in [6, 6.07) is 8.92. The number of nitrogens with zero attached hydrogens (tertiary/aromatic N) is 1. The van der Waals surface area contributed by atoms with Crippen molar-refractivity contribution in [3.05, 3.63) is 58.0 Å². The first kappa shape index (κ1) is 15.8. The number of hydrogen-bond acceptors (Lipinski definition) is 5. The van der Waals surface area contributed by atoms with Crippen LogP contribution in [0.4, 0.5) is 0 Å². The molecule has 1 amide bonds. The van der Waals surface area contributed by atoms with Gasteiger partial charge >= 0.3 is 0 Å². The van der Waals surface area contributed by atoms with Gasteiger partial charge in [-0.25, -0.2) is 4.98 Å². The van der Waals surface area contributed by atoms with Crippen LogP contribution in [-0.2, 0) is 0 Å². The van der Waals surface area contributed by atoms with Gasteiger partial charge in [0.25, 0.3) is 11.5 Å². The molecule has 0 aliphatic heterocycles. The molecule has 2 heterocycles. The summed E-state index contributed by atoms with van der Waals surface area (Å²) < 4.78 is 1.04. The number of pyridine rings is 1. The third-order valence-corrected chi connectivity index (χ3v) is 5.29. The van der Waals surface area contributed by atoms with E-state index in [4.69, 9.17) is 0 Å². The Bertz CT molecular complexity index is 859. The number of H-pyrrole nitrogens is 1. The molecule has 0 spiro atoms. The van der Waals surface area contributed by atoms with E-state index in [0.29, 0.717) is 17.6 Å². The molecule has 5 nitrogen and oxygen atoms in total. The number of carbonyl (C=O) groups is 1. The molecule has 0 aliphatic rings. The van der Waals surface area contributed by atoms with Crippen LogP contribution >= 0.6 is 23.1 Å². The number of rotatable bonds is 6. The summed E-state index contributed by atoms with van der Waals surface area (Å²) in [5.41, 5.74) is 0.0499. The fraction of sp³-hybridized carbons (Fsp3) is 0.188. The maximum absolute atomic E-state index is 12.1. The van der Waals surface area contributed by atoms with Crippen LogP contribution in [-0.4, -0.2) is 28.2 Å². The fourth-order valence-corrected chi connectivity index (χ4v) is 3.79. The van der Waals surface area contributed by atoms with E-state index in [-0.39, 0.29) is 11.5 Å². The molecule has 23 heavy (non-hydrogen) atoms. The Kier molecular flexibility index (Phi) is 5.09. The van der Waals surface area contributed by atoms with E-state index in [1.54, 1.807) is 47.5 Å². The number of thiazole rings is 1. The third kappa shape index (κ3) is 4.00. The fourth-order valence-electron chi connectivity index (χ4n) is 2.14. The molecule has 0 atom stereocenters. The highest BCUT2D eigenvalue weighted by atomic mass is 32.2. The minimum Gasteiger partial charge on any atom is -0.351 e. The quantitative estimate of drug-likeness (QED) is 0.532. The van der Waals surface area contributed by atoms with Gasteiger partial charge in [0.15, 0.2) is 0 Å². The van der Waals surface area contributed by atoms with Gasteiger partial charge in [-0.3, -0.25) is 9.59 Å². The molecule has 118 valence electrons. The van der Waals surface area contributed by atoms with Crippen LogP contribution in [0.2, 0.25) is 0 Å². The number of carbonyl (C=O) groups excluding carboxylic acids is 1. The lowest BCUT2D eigenvalue weighted by Crippen LogP contribution is -2.27. The van der Waals surface area contributed by atoms with Crippen molar-refractivity contribution in [2.75, 3.05) is 12.3 Å². The van der Waals surface area contributed by atoms with E-state index in [2.05, 4.69) is 15.3 Å². The molecule has 0 radical (unpaired) electrons. The van der Waals surface area contributed by atoms with Gasteiger partial charge in [-0.15, -0.1) is 11.3 Å². The van der Waals surface area contributed by atoms with Gasteiger partial charge in [-0.2, -0.15) is 0 Å². The molecular weight excluding hydrogens is 330 g/mol. The van der Waals surface area contributed by atoms with Crippen LogP contribution in [0, 0.1) is 0 Å². The van der Waals surface area contributed by atoms with Crippen LogP contribution in [0.1, 0.15) is 16.9 Å². The van der Waals surface area contributed by atoms with Gasteiger partial charge in [0.05, 0.1) is 0 Å². The maximum atomic E-state index is 12.1. The smallest absolute Gasteiger partial charge is 0.267 e. The molecule has 7 heteroatoms. The number of benzene rings is 1. The molecule has 0 aliphatic carbocycles.